The van der Waals surface area contributed by atoms with Gasteiger partial charge in [-0.1, -0.05) is 170 Å². The number of rotatable bonds is 4. The van der Waals surface area contributed by atoms with Crippen LogP contribution in [0.3, 0.4) is 0 Å². The molecule has 0 spiro atoms. The van der Waals surface area contributed by atoms with Crippen molar-refractivity contribution in [2.75, 3.05) is 0 Å². The highest BCUT2D eigenvalue weighted by atomic mass is 14.4. The third-order valence-electron chi connectivity index (χ3n) is 12.1. The van der Waals surface area contributed by atoms with E-state index in [4.69, 9.17) is 0 Å². The Morgan fingerprint density at radius 1 is 0.296 bits per heavy atom. The molecule has 252 valence electrons. The molecule has 0 bridgehead atoms. The Kier molecular flexibility index (Phi) is 6.78. The second-order valence-electron chi connectivity index (χ2n) is 15.0. The lowest BCUT2D eigenvalue weighted by Gasteiger charge is -2.29. The van der Waals surface area contributed by atoms with Crippen molar-refractivity contribution >= 4 is 43.1 Å². The molecule has 0 N–H and O–H groups in total. The van der Waals surface area contributed by atoms with E-state index in [0.717, 1.165) is 0 Å². The van der Waals surface area contributed by atoms with E-state index in [0.29, 0.717) is 0 Å². The van der Waals surface area contributed by atoms with Crippen molar-refractivity contribution in [2.45, 2.75) is 12.3 Å². The largest absolute Gasteiger partial charge is 0.0622 e. The smallest absolute Gasteiger partial charge is 0.0435 e. The normalized spacial score (nSPS) is 14.8. The zero-order chi connectivity index (χ0) is 35.8. The van der Waals surface area contributed by atoms with Crippen LogP contribution in [0, 0.1) is 0 Å². The Morgan fingerprint density at radius 3 is 1.76 bits per heavy atom. The topological polar surface area (TPSA) is 0 Å². The summed E-state index contributed by atoms with van der Waals surface area (Å²) in [7, 11) is 0. The minimum absolute atomic E-state index is 0.282. The number of benzene rings is 10. The van der Waals surface area contributed by atoms with Crippen LogP contribution in [0.5, 0.6) is 0 Å². The molecule has 1 atom stereocenters. The maximum Gasteiger partial charge on any atom is 0.0435 e. The highest BCUT2D eigenvalue weighted by Gasteiger charge is 2.41. The van der Waals surface area contributed by atoms with E-state index in [9.17, 15) is 0 Å². The molecule has 0 amide bonds. The van der Waals surface area contributed by atoms with Gasteiger partial charge in [0.2, 0.25) is 0 Å². The standard InChI is InChI=1S/C54H36/c1-54(42-20-3-2-4-21-42)51-34-39(27-28-46(51)50-31-37-15-5-6-16-38(37)33-52(50)54)36-18-13-19-40(30-36)44-23-11-12-25-47(44)53-45-24-10-8-17-41(45)32-49-43-22-9-7-14-35(43)26-29-48(49)53/h2-34H,1H3. The van der Waals surface area contributed by atoms with Crippen molar-refractivity contribution in [2.24, 2.45) is 0 Å². The van der Waals surface area contributed by atoms with Crippen LogP contribution in [0.2, 0.25) is 0 Å². The molecule has 0 radical (unpaired) electrons. The van der Waals surface area contributed by atoms with Crippen LogP contribution in [0.15, 0.2) is 200 Å². The zero-order valence-corrected chi connectivity index (χ0v) is 30.1. The summed E-state index contributed by atoms with van der Waals surface area (Å²) < 4.78 is 0. The van der Waals surface area contributed by atoms with E-state index in [-0.39, 0.29) is 5.41 Å². The summed E-state index contributed by atoms with van der Waals surface area (Å²) in [5, 5.41) is 10.2. The van der Waals surface area contributed by atoms with Gasteiger partial charge < -0.3 is 0 Å². The second-order valence-corrected chi connectivity index (χ2v) is 15.0. The van der Waals surface area contributed by atoms with Gasteiger partial charge in [-0.05, 0) is 142 Å². The fraction of sp³-hybridized carbons (Fsp3) is 0.0370. The molecular formula is C54H36. The minimum atomic E-state index is -0.282. The minimum Gasteiger partial charge on any atom is -0.0622 e. The molecule has 1 unspecified atom stereocenters. The monoisotopic (exact) mass is 684 g/mol. The summed E-state index contributed by atoms with van der Waals surface area (Å²) in [4.78, 5) is 0. The van der Waals surface area contributed by atoms with Crippen molar-refractivity contribution in [1.82, 2.24) is 0 Å². The Labute approximate surface area is 315 Å². The van der Waals surface area contributed by atoms with Crippen LogP contribution >= 0.6 is 0 Å². The first-order valence-electron chi connectivity index (χ1n) is 18.9. The molecule has 10 aromatic rings. The van der Waals surface area contributed by atoms with Gasteiger partial charge in [-0.2, -0.15) is 0 Å². The van der Waals surface area contributed by atoms with Crippen molar-refractivity contribution < 1.29 is 0 Å². The summed E-state index contributed by atoms with van der Waals surface area (Å²) in [6.45, 7) is 2.41. The van der Waals surface area contributed by atoms with Gasteiger partial charge in [0, 0.05) is 5.41 Å². The summed E-state index contributed by atoms with van der Waals surface area (Å²) in [5.74, 6) is 0. The van der Waals surface area contributed by atoms with E-state index in [1.807, 2.05) is 0 Å². The van der Waals surface area contributed by atoms with E-state index in [2.05, 4.69) is 207 Å². The number of hydrogen-bond donors (Lipinski definition) is 0. The lowest BCUT2D eigenvalue weighted by atomic mass is 9.73. The summed E-state index contributed by atoms with van der Waals surface area (Å²) in [5.41, 5.74) is 13.9. The quantitative estimate of drug-likeness (QED) is 0.128. The summed E-state index contributed by atoms with van der Waals surface area (Å²) in [6.07, 6.45) is 0. The highest BCUT2D eigenvalue weighted by Crippen LogP contribution is 2.54. The lowest BCUT2D eigenvalue weighted by Crippen LogP contribution is -2.22. The second kappa shape index (κ2) is 11.9. The van der Waals surface area contributed by atoms with Crippen molar-refractivity contribution in [3.8, 4) is 44.5 Å². The first kappa shape index (κ1) is 30.8. The van der Waals surface area contributed by atoms with Gasteiger partial charge in [0.05, 0.1) is 0 Å². The van der Waals surface area contributed by atoms with Gasteiger partial charge in [0.1, 0.15) is 0 Å². The molecule has 54 heavy (non-hydrogen) atoms. The Hall–Kier alpha value is -6.76. The first-order valence-corrected chi connectivity index (χ1v) is 18.9. The molecule has 0 heterocycles. The molecule has 1 aliphatic rings. The molecule has 11 rings (SSSR count). The van der Waals surface area contributed by atoms with E-state index in [1.54, 1.807) is 0 Å². The highest BCUT2D eigenvalue weighted by molar-refractivity contribution is 6.21. The maximum atomic E-state index is 2.46. The molecule has 1 aliphatic carbocycles. The summed E-state index contributed by atoms with van der Waals surface area (Å²) >= 11 is 0. The van der Waals surface area contributed by atoms with E-state index < -0.39 is 0 Å². The third kappa shape index (κ3) is 4.57. The third-order valence-corrected chi connectivity index (χ3v) is 12.1. The fourth-order valence-electron chi connectivity index (χ4n) is 9.41. The average molecular weight is 685 g/mol. The number of hydrogen-bond acceptors (Lipinski definition) is 0. The Morgan fingerprint density at radius 2 is 0.926 bits per heavy atom. The molecule has 0 nitrogen and oxygen atoms in total. The molecular weight excluding hydrogens is 649 g/mol. The van der Waals surface area contributed by atoms with Crippen molar-refractivity contribution in [3.05, 3.63) is 217 Å². The fourth-order valence-corrected chi connectivity index (χ4v) is 9.41. The van der Waals surface area contributed by atoms with Gasteiger partial charge in [-0.3, -0.25) is 0 Å². The van der Waals surface area contributed by atoms with Crippen LogP contribution in [-0.2, 0) is 5.41 Å². The molecule has 0 fully saturated rings. The van der Waals surface area contributed by atoms with Crippen molar-refractivity contribution in [3.63, 3.8) is 0 Å². The number of fused-ring (bicyclic) bond motifs is 8. The van der Waals surface area contributed by atoms with Crippen LogP contribution in [0.25, 0.3) is 87.6 Å². The SMILES string of the molecule is CC1(c2ccccc2)c2cc(-c3cccc(-c4ccccc4-c4c5ccccc5cc5c4ccc4ccccc45)c3)ccc2-c2cc3ccccc3cc21. The Balaban J connectivity index is 1.09. The molecule has 0 heteroatoms. The van der Waals surface area contributed by atoms with Gasteiger partial charge in [-0.25, -0.2) is 0 Å². The summed E-state index contributed by atoms with van der Waals surface area (Å²) in [6, 6.07) is 74.4. The van der Waals surface area contributed by atoms with E-state index in [1.165, 1.54) is 104 Å². The molecule has 10 aromatic carbocycles. The Bertz CT molecular complexity index is 3110. The maximum absolute atomic E-state index is 2.46. The van der Waals surface area contributed by atoms with Gasteiger partial charge in [0.25, 0.3) is 0 Å². The molecule has 0 saturated carbocycles. The predicted molar refractivity (Wildman–Crippen MR) is 230 cm³/mol. The van der Waals surface area contributed by atoms with Crippen LogP contribution in [-0.4, -0.2) is 0 Å². The van der Waals surface area contributed by atoms with Crippen LogP contribution in [0.1, 0.15) is 23.6 Å². The van der Waals surface area contributed by atoms with E-state index >= 15 is 0 Å². The molecule has 0 aliphatic heterocycles. The van der Waals surface area contributed by atoms with Gasteiger partial charge in [0.15, 0.2) is 0 Å². The van der Waals surface area contributed by atoms with Crippen molar-refractivity contribution in [1.29, 1.82) is 0 Å². The zero-order valence-electron chi connectivity index (χ0n) is 30.1. The van der Waals surface area contributed by atoms with Crippen LogP contribution < -0.4 is 0 Å². The van der Waals surface area contributed by atoms with Crippen LogP contribution in [0.4, 0.5) is 0 Å². The molecule has 0 saturated heterocycles. The van der Waals surface area contributed by atoms with Gasteiger partial charge >= 0.3 is 0 Å². The molecule has 0 aromatic heterocycles. The lowest BCUT2D eigenvalue weighted by molar-refractivity contribution is 0.715. The first-order chi connectivity index (χ1) is 26.6. The average Bonchev–Trinajstić information content (AvgIpc) is 3.49. The predicted octanol–water partition coefficient (Wildman–Crippen LogP) is 14.6. The van der Waals surface area contributed by atoms with Gasteiger partial charge in [-0.15, -0.1) is 0 Å².